The third-order valence-electron chi connectivity index (χ3n) is 2.34. The van der Waals surface area contributed by atoms with Crippen molar-refractivity contribution in [2.75, 3.05) is 13.2 Å². The molecule has 0 saturated carbocycles. The molecule has 0 fully saturated rings. The molecule has 0 aromatic rings. The number of carbonyl (C=O) groups excluding carboxylic acids is 1. The second-order valence-corrected chi connectivity index (χ2v) is 3.86. The van der Waals surface area contributed by atoms with E-state index in [1.165, 1.54) is 0 Å². The molecule has 6 heteroatoms. The first-order valence-corrected chi connectivity index (χ1v) is 5.34. The summed E-state index contributed by atoms with van der Waals surface area (Å²) in [6, 6.07) is -1.21. The quantitative estimate of drug-likeness (QED) is 0.442. The average molecular weight is 232 g/mol. The van der Waals surface area contributed by atoms with Crippen LogP contribution in [0.4, 0.5) is 0 Å². The Hall–Kier alpha value is -1.14. The number of hydrogen-bond acceptors (Lipinski definition) is 4. The van der Waals surface area contributed by atoms with Crippen molar-refractivity contribution in [1.29, 1.82) is 0 Å². The molecule has 6 nitrogen and oxygen atoms in total. The van der Waals surface area contributed by atoms with Crippen molar-refractivity contribution in [2.24, 2.45) is 11.7 Å². The molecular formula is C10H20N2O4. The Morgan fingerprint density at radius 1 is 1.38 bits per heavy atom. The van der Waals surface area contributed by atoms with E-state index in [1.807, 2.05) is 6.92 Å². The fourth-order valence-electron chi connectivity index (χ4n) is 1.26. The molecule has 2 unspecified atom stereocenters. The molecule has 0 rings (SSSR count). The fourth-order valence-corrected chi connectivity index (χ4v) is 1.26. The van der Waals surface area contributed by atoms with Crippen molar-refractivity contribution in [1.82, 2.24) is 5.32 Å². The van der Waals surface area contributed by atoms with Crippen LogP contribution in [0, 0.1) is 5.92 Å². The number of rotatable bonds is 8. The molecule has 5 N–H and O–H groups in total. The van der Waals surface area contributed by atoms with Gasteiger partial charge in [-0.1, -0.05) is 6.92 Å². The van der Waals surface area contributed by atoms with Gasteiger partial charge >= 0.3 is 5.97 Å². The zero-order chi connectivity index (χ0) is 12.6. The van der Waals surface area contributed by atoms with Crippen LogP contribution in [0.3, 0.4) is 0 Å². The van der Waals surface area contributed by atoms with Gasteiger partial charge in [0.15, 0.2) is 0 Å². The number of aliphatic hydroxyl groups excluding tert-OH is 1. The molecule has 0 saturated heterocycles. The Kier molecular flexibility index (Phi) is 7.49. The SMILES string of the molecule is CC(CCN)CCC(=O)NC(CO)C(=O)O. The number of aliphatic hydroxyl groups is 1. The van der Waals surface area contributed by atoms with Gasteiger partial charge in [0.05, 0.1) is 6.61 Å². The second-order valence-electron chi connectivity index (χ2n) is 3.86. The molecule has 2 atom stereocenters. The van der Waals surface area contributed by atoms with Crippen molar-refractivity contribution < 1.29 is 19.8 Å². The highest BCUT2D eigenvalue weighted by atomic mass is 16.4. The molecule has 0 aliphatic carbocycles. The third kappa shape index (κ3) is 6.36. The predicted octanol–water partition coefficient (Wildman–Crippen LogP) is -0.687. The van der Waals surface area contributed by atoms with Crippen molar-refractivity contribution in [3.8, 4) is 0 Å². The Balaban J connectivity index is 3.85. The summed E-state index contributed by atoms with van der Waals surface area (Å²) in [5.74, 6) is -1.25. The summed E-state index contributed by atoms with van der Waals surface area (Å²) in [5, 5.41) is 19.5. The minimum Gasteiger partial charge on any atom is -0.480 e. The van der Waals surface area contributed by atoms with Crippen LogP contribution in [-0.2, 0) is 9.59 Å². The average Bonchev–Trinajstić information content (AvgIpc) is 2.23. The number of amides is 1. The number of carboxylic acids is 1. The van der Waals surface area contributed by atoms with E-state index in [1.54, 1.807) is 0 Å². The van der Waals surface area contributed by atoms with E-state index < -0.39 is 18.6 Å². The van der Waals surface area contributed by atoms with E-state index in [-0.39, 0.29) is 12.3 Å². The van der Waals surface area contributed by atoms with E-state index in [0.717, 1.165) is 6.42 Å². The van der Waals surface area contributed by atoms with Crippen LogP contribution in [0.15, 0.2) is 0 Å². The van der Waals surface area contributed by atoms with Crippen LogP contribution in [0.1, 0.15) is 26.2 Å². The van der Waals surface area contributed by atoms with Crippen LogP contribution >= 0.6 is 0 Å². The van der Waals surface area contributed by atoms with Crippen molar-refractivity contribution in [2.45, 2.75) is 32.2 Å². The topological polar surface area (TPSA) is 113 Å². The number of hydrogen-bond donors (Lipinski definition) is 4. The Morgan fingerprint density at radius 3 is 2.44 bits per heavy atom. The number of nitrogens with two attached hydrogens (primary N) is 1. The lowest BCUT2D eigenvalue weighted by molar-refractivity contribution is -0.143. The van der Waals surface area contributed by atoms with Crippen molar-refractivity contribution >= 4 is 11.9 Å². The molecule has 0 aliphatic heterocycles. The van der Waals surface area contributed by atoms with Gasteiger partial charge in [0.25, 0.3) is 0 Å². The summed E-state index contributed by atoms with van der Waals surface area (Å²) >= 11 is 0. The first-order chi connectivity index (χ1) is 7.51. The molecule has 0 radical (unpaired) electrons. The molecule has 0 aromatic carbocycles. The molecule has 0 bridgehead atoms. The van der Waals surface area contributed by atoms with Gasteiger partial charge in [0, 0.05) is 6.42 Å². The third-order valence-corrected chi connectivity index (χ3v) is 2.34. The first-order valence-electron chi connectivity index (χ1n) is 5.34. The second kappa shape index (κ2) is 8.06. The predicted molar refractivity (Wildman–Crippen MR) is 58.7 cm³/mol. The van der Waals surface area contributed by atoms with Gasteiger partial charge in [0.2, 0.25) is 5.91 Å². The van der Waals surface area contributed by atoms with Gasteiger partial charge in [-0.2, -0.15) is 0 Å². The highest BCUT2D eigenvalue weighted by molar-refractivity contribution is 5.83. The number of nitrogens with one attached hydrogen (secondary N) is 1. The van der Waals surface area contributed by atoms with E-state index in [9.17, 15) is 9.59 Å². The fraction of sp³-hybridized carbons (Fsp3) is 0.800. The zero-order valence-corrected chi connectivity index (χ0v) is 9.48. The Labute approximate surface area is 94.8 Å². The van der Waals surface area contributed by atoms with Gasteiger partial charge in [-0.3, -0.25) is 4.79 Å². The summed E-state index contributed by atoms with van der Waals surface area (Å²) in [6.45, 7) is 1.97. The number of carbonyl (C=O) groups is 2. The van der Waals surface area contributed by atoms with Crippen LogP contribution in [-0.4, -0.2) is 41.3 Å². The van der Waals surface area contributed by atoms with Crippen molar-refractivity contribution in [3.63, 3.8) is 0 Å². The highest BCUT2D eigenvalue weighted by Crippen LogP contribution is 2.08. The van der Waals surface area contributed by atoms with E-state index in [4.69, 9.17) is 15.9 Å². The van der Waals surface area contributed by atoms with E-state index >= 15 is 0 Å². The molecule has 0 aliphatic rings. The van der Waals surface area contributed by atoms with Crippen molar-refractivity contribution in [3.05, 3.63) is 0 Å². The summed E-state index contributed by atoms with van der Waals surface area (Å²) in [4.78, 5) is 21.8. The Morgan fingerprint density at radius 2 is 2.00 bits per heavy atom. The minimum absolute atomic E-state index is 0.255. The number of carboxylic acid groups (broad SMARTS) is 1. The maximum Gasteiger partial charge on any atom is 0.328 e. The van der Waals surface area contributed by atoms with Gasteiger partial charge in [-0.05, 0) is 25.3 Å². The van der Waals surface area contributed by atoms with Gasteiger partial charge in [0.1, 0.15) is 6.04 Å². The van der Waals surface area contributed by atoms with Gasteiger partial charge < -0.3 is 21.3 Å². The minimum atomic E-state index is -1.23. The highest BCUT2D eigenvalue weighted by Gasteiger charge is 2.18. The summed E-state index contributed by atoms with van der Waals surface area (Å²) < 4.78 is 0. The van der Waals surface area contributed by atoms with E-state index in [0.29, 0.717) is 18.9 Å². The van der Waals surface area contributed by atoms with Crippen LogP contribution in [0.2, 0.25) is 0 Å². The van der Waals surface area contributed by atoms with Crippen LogP contribution < -0.4 is 11.1 Å². The molecule has 0 aromatic heterocycles. The van der Waals surface area contributed by atoms with E-state index in [2.05, 4.69) is 5.32 Å². The normalized spacial score (nSPS) is 14.2. The van der Waals surface area contributed by atoms with Crippen LogP contribution in [0.25, 0.3) is 0 Å². The van der Waals surface area contributed by atoms with Gasteiger partial charge in [-0.25, -0.2) is 4.79 Å². The summed E-state index contributed by atoms with van der Waals surface area (Å²) in [7, 11) is 0. The lowest BCUT2D eigenvalue weighted by Gasteiger charge is -2.13. The molecular weight excluding hydrogens is 212 g/mol. The maximum atomic E-state index is 11.3. The zero-order valence-electron chi connectivity index (χ0n) is 9.48. The number of aliphatic carboxylic acids is 1. The van der Waals surface area contributed by atoms with Crippen LogP contribution in [0.5, 0.6) is 0 Å². The first kappa shape index (κ1) is 14.9. The lowest BCUT2D eigenvalue weighted by atomic mass is 10.0. The smallest absolute Gasteiger partial charge is 0.328 e. The lowest BCUT2D eigenvalue weighted by Crippen LogP contribution is -2.43. The van der Waals surface area contributed by atoms with Gasteiger partial charge in [-0.15, -0.1) is 0 Å². The largest absolute Gasteiger partial charge is 0.480 e. The molecule has 0 heterocycles. The standard InChI is InChI=1S/C10H20N2O4/c1-7(4-5-11)2-3-9(14)12-8(6-13)10(15)16/h7-8,13H,2-6,11H2,1H3,(H,12,14)(H,15,16). The molecule has 16 heavy (non-hydrogen) atoms. The molecule has 94 valence electrons. The molecule has 0 spiro atoms. The summed E-state index contributed by atoms with van der Waals surface area (Å²) in [6.07, 6.45) is 1.77. The monoisotopic (exact) mass is 232 g/mol. The summed E-state index contributed by atoms with van der Waals surface area (Å²) in [5.41, 5.74) is 5.37. The Bertz CT molecular complexity index is 233. The maximum absolute atomic E-state index is 11.3. The molecule has 1 amide bonds.